The molecule has 2 aromatic rings. The number of hydrogen-bond donors (Lipinski definition) is 0. The number of carbonyl (C=O) groups is 1. The zero-order valence-corrected chi connectivity index (χ0v) is 12.2. The number of methoxy groups -OCH3 is 1. The second-order valence-corrected chi connectivity index (χ2v) is 4.53. The van der Waals surface area contributed by atoms with Crippen molar-refractivity contribution < 1.29 is 19.0 Å². The van der Waals surface area contributed by atoms with Gasteiger partial charge in [-0.25, -0.2) is 0 Å². The molecule has 0 heterocycles. The standard InChI is InChI=1S/C17H18O4/c1-13-3-8-17(14(11-13)12-18)21-10-9-20-16-6-4-15(19-2)5-7-16/h3-8,11-12H,9-10H2,1-2H3. The van der Waals surface area contributed by atoms with Gasteiger partial charge in [0, 0.05) is 0 Å². The van der Waals surface area contributed by atoms with E-state index in [1.807, 2.05) is 37.3 Å². The van der Waals surface area contributed by atoms with E-state index in [-0.39, 0.29) is 0 Å². The lowest BCUT2D eigenvalue weighted by Gasteiger charge is -2.10. The molecule has 0 aliphatic carbocycles. The summed E-state index contributed by atoms with van der Waals surface area (Å²) in [5, 5.41) is 0. The highest BCUT2D eigenvalue weighted by molar-refractivity contribution is 5.79. The summed E-state index contributed by atoms with van der Waals surface area (Å²) >= 11 is 0. The van der Waals surface area contributed by atoms with E-state index in [9.17, 15) is 4.79 Å². The second kappa shape index (κ2) is 7.33. The van der Waals surface area contributed by atoms with Crippen molar-refractivity contribution in [2.24, 2.45) is 0 Å². The molecule has 0 unspecified atom stereocenters. The molecule has 4 nitrogen and oxygen atoms in total. The Morgan fingerprint density at radius 1 is 0.952 bits per heavy atom. The molecule has 0 saturated carbocycles. The molecule has 0 radical (unpaired) electrons. The molecule has 0 aromatic heterocycles. The van der Waals surface area contributed by atoms with E-state index < -0.39 is 0 Å². The van der Waals surface area contributed by atoms with E-state index in [0.29, 0.717) is 24.5 Å². The summed E-state index contributed by atoms with van der Waals surface area (Å²) in [5.74, 6) is 2.11. The monoisotopic (exact) mass is 286 g/mol. The Balaban J connectivity index is 1.82. The van der Waals surface area contributed by atoms with Gasteiger partial charge in [0.05, 0.1) is 12.7 Å². The maximum atomic E-state index is 11.0. The number of rotatable bonds is 7. The zero-order valence-electron chi connectivity index (χ0n) is 12.2. The Morgan fingerprint density at radius 3 is 2.29 bits per heavy atom. The van der Waals surface area contributed by atoms with Crippen LogP contribution >= 0.6 is 0 Å². The summed E-state index contributed by atoms with van der Waals surface area (Å²) in [6, 6.07) is 12.8. The van der Waals surface area contributed by atoms with Crippen LogP contribution in [0.1, 0.15) is 15.9 Å². The maximum Gasteiger partial charge on any atom is 0.153 e. The third-order valence-corrected chi connectivity index (χ3v) is 2.96. The molecular weight excluding hydrogens is 268 g/mol. The first-order chi connectivity index (χ1) is 10.2. The van der Waals surface area contributed by atoms with Crippen LogP contribution in [0, 0.1) is 6.92 Å². The lowest BCUT2D eigenvalue weighted by Crippen LogP contribution is -2.10. The minimum atomic E-state index is 0.371. The number of ether oxygens (including phenoxy) is 3. The first kappa shape index (κ1) is 14.9. The molecule has 0 aliphatic rings. The van der Waals surface area contributed by atoms with Crippen molar-refractivity contribution in [1.29, 1.82) is 0 Å². The highest BCUT2D eigenvalue weighted by atomic mass is 16.5. The fourth-order valence-corrected chi connectivity index (χ4v) is 1.87. The molecule has 0 fully saturated rings. The fourth-order valence-electron chi connectivity index (χ4n) is 1.87. The lowest BCUT2D eigenvalue weighted by atomic mass is 10.1. The van der Waals surface area contributed by atoms with Crippen LogP contribution in [0.5, 0.6) is 17.2 Å². The predicted molar refractivity (Wildman–Crippen MR) is 80.6 cm³/mol. The van der Waals surface area contributed by atoms with Crippen LogP contribution in [0.25, 0.3) is 0 Å². The number of benzene rings is 2. The predicted octanol–water partition coefficient (Wildman–Crippen LogP) is 3.27. The van der Waals surface area contributed by atoms with Crippen LogP contribution in [-0.4, -0.2) is 26.6 Å². The van der Waals surface area contributed by atoms with Crippen molar-refractivity contribution in [3.63, 3.8) is 0 Å². The van der Waals surface area contributed by atoms with Gasteiger partial charge in [0.25, 0.3) is 0 Å². The van der Waals surface area contributed by atoms with Crippen LogP contribution in [0.2, 0.25) is 0 Å². The molecule has 110 valence electrons. The molecule has 2 rings (SSSR count). The van der Waals surface area contributed by atoms with Crippen LogP contribution in [-0.2, 0) is 0 Å². The quantitative estimate of drug-likeness (QED) is 0.579. The Bertz CT molecular complexity index is 590. The van der Waals surface area contributed by atoms with Gasteiger partial charge in [0.15, 0.2) is 6.29 Å². The van der Waals surface area contributed by atoms with Gasteiger partial charge in [-0.15, -0.1) is 0 Å². The van der Waals surface area contributed by atoms with Gasteiger partial charge in [0.1, 0.15) is 30.5 Å². The van der Waals surface area contributed by atoms with Crippen molar-refractivity contribution in [2.75, 3.05) is 20.3 Å². The van der Waals surface area contributed by atoms with Crippen LogP contribution in [0.4, 0.5) is 0 Å². The topological polar surface area (TPSA) is 44.8 Å². The molecule has 0 atom stereocenters. The highest BCUT2D eigenvalue weighted by Gasteiger charge is 2.03. The van der Waals surface area contributed by atoms with E-state index in [1.54, 1.807) is 19.2 Å². The normalized spacial score (nSPS) is 10.0. The van der Waals surface area contributed by atoms with Gasteiger partial charge in [-0.2, -0.15) is 0 Å². The third-order valence-electron chi connectivity index (χ3n) is 2.96. The highest BCUT2D eigenvalue weighted by Crippen LogP contribution is 2.19. The maximum absolute atomic E-state index is 11.0. The fraction of sp³-hybridized carbons (Fsp3) is 0.235. The SMILES string of the molecule is COc1ccc(OCCOc2ccc(C)cc2C=O)cc1. The lowest BCUT2D eigenvalue weighted by molar-refractivity contribution is 0.111. The first-order valence-electron chi connectivity index (χ1n) is 6.68. The van der Waals surface area contributed by atoms with E-state index in [2.05, 4.69) is 0 Å². The summed E-state index contributed by atoms with van der Waals surface area (Å²) in [4.78, 5) is 11.0. The van der Waals surface area contributed by atoms with E-state index in [0.717, 1.165) is 23.3 Å². The van der Waals surface area contributed by atoms with E-state index in [1.165, 1.54) is 0 Å². The minimum Gasteiger partial charge on any atom is -0.497 e. The van der Waals surface area contributed by atoms with Crippen molar-refractivity contribution in [1.82, 2.24) is 0 Å². The smallest absolute Gasteiger partial charge is 0.153 e. The van der Waals surface area contributed by atoms with E-state index in [4.69, 9.17) is 14.2 Å². The Hall–Kier alpha value is -2.49. The molecule has 0 aliphatic heterocycles. The van der Waals surface area contributed by atoms with Crippen LogP contribution in [0.15, 0.2) is 42.5 Å². The summed E-state index contributed by atoms with van der Waals surface area (Å²) in [7, 11) is 1.62. The zero-order chi connectivity index (χ0) is 15.1. The largest absolute Gasteiger partial charge is 0.497 e. The number of aldehydes is 1. The first-order valence-corrected chi connectivity index (χ1v) is 6.68. The third kappa shape index (κ3) is 4.24. The van der Waals surface area contributed by atoms with Gasteiger partial charge in [0.2, 0.25) is 0 Å². The average Bonchev–Trinajstić information content (AvgIpc) is 2.53. The molecule has 0 N–H and O–H groups in total. The second-order valence-electron chi connectivity index (χ2n) is 4.53. The molecule has 0 saturated heterocycles. The van der Waals surface area contributed by atoms with Gasteiger partial charge in [-0.1, -0.05) is 11.6 Å². The van der Waals surface area contributed by atoms with Gasteiger partial charge >= 0.3 is 0 Å². The molecule has 4 heteroatoms. The van der Waals surface area contributed by atoms with Crippen molar-refractivity contribution in [2.45, 2.75) is 6.92 Å². The van der Waals surface area contributed by atoms with Crippen molar-refractivity contribution >= 4 is 6.29 Å². The van der Waals surface area contributed by atoms with Gasteiger partial charge in [-0.3, -0.25) is 4.79 Å². The van der Waals surface area contributed by atoms with Gasteiger partial charge in [-0.05, 0) is 43.3 Å². The molecular formula is C17H18O4. The molecule has 21 heavy (non-hydrogen) atoms. The van der Waals surface area contributed by atoms with Crippen molar-refractivity contribution in [3.8, 4) is 17.2 Å². The Morgan fingerprint density at radius 2 is 1.62 bits per heavy atom. The number of aryl methyl sites for hydroxylation is 1. The van der Waals surface area contributed by atoms with E-state index >= 15 is 0 Å². The summed E-state index contributed by atoms with van der Waals surface area (Å²) in [5.41, 5.74) is 1.58. The molecule has 2 aromatic carbocycles. The van der Waals surface area contributed by atoms with Gasteiger partial charge < -0.3 is 14.2 Å². The minimum absolute atomic E-state index is 0.371. The Kier molecular flexibility index (Phi) is 5.21. The average molecular weight is 286 g/mol. The Labute approximate surface area is 124 Å². The number of hydrogen-bond acceptors (Lipinski definition) is 4. The van der Waals surface area contributed by atoms with Crippen LogP contribution in [0.3, 0.4) is 0 Å². The number of carbonyl (C=O) groups excluding carboxylic acids is 1. The van der Waals surface area contributed by atoms with Crippen molar-refractivity contribution in [3.05, 3.63) is 53.6 Å². The molecule has 0 amide bonds. The summed E-state index contributed by atoms with van der Waals surface area (Å²) in [6.07, 6.45) is 0.798. The van der Waals surface area contributed by atoms with Crippen LogP contribution < -0.4 is 14.2 Å². The summed E-state index contributed by atoms with van der Waals surface area (Å²) < 4.78 is 16.2. The molecule has 0 spiro atoms. The summed E-state index contributed by atoms with van der Waals surface area (Å²) in [6.45, 7) is 2.71. The molecule has 0 bridgehead atoms.